The molecule has 1 unspecified atom stereocenters. The predicted molar refractivity (Wildman–Crippen MR) is 77.0 cm³/mol. The summed E-state index contributed by atoms with van der Waals surface area (Å²) in [6.45, 7) is 5.13. The molecule has 0 aliphatic rings. The smallest absolute Gasteiger partial charge is 0.235 e. The molecule has 0 aliphatic carbocycles. The van der Waals surface area contributed by atoms with Crippen LogP contribution in [0.4, 0.5) is 0 Å². The van der Waals surface area contributed by atoms with Crippen LogP contribution in [0, 0.1) is 0 Å². The lowest BCUT2D eigenvalue weighted by Crippen LogP contribution is -2.34. The SMILES string of the molecule is CCN(CC)C(=O)CS(=O)Cc1ccc(CO)cc1. The highest BCUT2D eigenvalue weighted by atomic mass is 32.2. The summed E-state index contributed by atoms with van der Waals surface area (Å²) < 4.78 is 11.9. The number of hydrogen-bond acceptors (Lipinski definition) is 3. The van der Waals surface area contributed by atoms with Crippen LogP contribution < -0.4 is 0 Å². The first kappa shape index (κ1) is 15.9. The van der Waals surface area contributed by atoms with Crippen LogP contribution in [0.1, 0.15) is 25.0 Å². The van der Waals surface area contributed by atoms with Gasteiger partial charge in [-0.15, -0.1) is 0 Å². The third-order valence-electron chi connectivity index (χ3n) is 2.93. The maximum Gasteiger partial charge on any atom is 0.235 e. The molecule has 5 heteroatoms. The van der Waals surface area contributed by atoms with Gasteiger partial charge in [0.1, 0.15) is 5.75 Å². The Kier molecular flexibility index (Phi) is 6.73. The summed E-state index contributed by atoms with van der Waals surface area (Å²) in [6.07, 6.45) is 0. The van der Waals surface area contributed by atoms with Crippen LogP contribution >= 0.6 is 0 Å². The van der Waals surface area contributed by atoms with Gasteiger partial charge in [0, 0.05) is 29.6 Å². The van der Waals surface area contributed by atoms with Crippen molar-refractivity contribution in [3.63, 3.8) is 0 Å². The molecule has 0 spiro atoms. The van der Waals surface area contributed by atoms with E-state index < -0.39 is 10.8 Å². The lowest BCUT2D eigenvalue weighted by molar-refractivity contribution is -0.128. The molecule has 0 fully saturated rings. The summed E-state index contributed by atoms with van der Waals surface area (Å²) in [5.41, 5.74) is 1.75. The molecular formula is C14H21NO3S. The first-order chi connectivity index (χ1) is 9.10. The lowest BCUT2D eigenvalue weighted by Gasteiger charge is -2.18. The Morgan fingerprint density at radius 3 is 2.16 bits per heavy atom. The van der Waals surface area contributed by atoms with Crippen LogP contribution in [0.2, 0.25) is 0 Å². The molecule has 0 saturated heterocycles. The van der Waals surface area contributed by atoms with Crippen molar-refractivity contribution >= 4 is 16.7 Å². The Hall–Kier alpha value is -1.20. The predicted octanol–water partition coefficient (Wildman–Crippen LogP) is 1.30. The summed E-state index contributed by atoms with van der Waals surface area (Å²) in [7, 11) is -1.19. The van der Waals surface area contributed by atoms with Crippen LogP contribution in [-0.4, -0.2) is 39.0 Å². The van der Waals surface area contributed by atoms with Crippen molar-refractivity contribution in [1.82, 2.24) is 4.90 Å². The van der Waals surface area contributed by atoms with Gasteiger partial charge in [-0.05, 0) is 25.0 Å². The molecule has 0 radical (unpaired) electrons. The molecule has 19 heavy (non-hydrogen) atoms. The molecule has 106 valence electrons. The molecule has 1 atom stereocenters. The van der Waals surface area contributed by atoms with Gasteiger partial charge in [0.15, 0.2) is 0 Å². The number of carbonyl (C=O) groups is 1. The minimum atomic E-state index is -1.19. The average molecular weight is 283 g/mol. The Balaban J connectivity index is 2.52. The molecule has 0 aromatic heterocycles. The third kappa shape index (κ3) is 5.12. The van der Waals surface area contributed by atoms with Crippen molar-refractivity contribution in [3.8, 4) is 0 Å². The highest BCUT2D eigenvalue weighted by molar-refractivity contribution is 7.84. The number of rotatable bonds is 7. The summed E-state index contributed by atoms with van der Waals surface area (Å²) in [4.78, 5) is 13.5. The molecule has 1 N–H and O–H groups in total. The van der Waals surface area contributed by atoms with E-state index in [-0.39, 0.29) is 18.3 Å². The maximum absolute atomic E-state index is 11.9. The van der Waals surface area contributed by atoms with E-state index >= 15 is 0 Å². The van der Waals surface area contributed by atoms with Gasteiger partial charge in [-0.1, -0.05) is 24.3 Å². The quantitative estimate of drug-likeness (QED) is 0.820. The van der Waals surface area contributed by atoms with E-state index in [9.17, 15) is 9.00 Å². The number of hydrogen-bond donors (Lipinski definition) is 1. The molecular weight excluding hydrogens is 262 g/mol. The van der Waals surface area contributed by atoms with Crippen LogP contribution in [0.5, 0.6) is 0 Å². The number of carbonyl (C=O) groups excluding carboxylic acids is 1. The van der Waals surface area contributed by atoms with Crippen molar-refractivity contribution in [3.05, 3.63) is 35.4 Å². The number of nitrogens with zero attached hydrogens (tertiary/aromatic N) is 1. The fourth-order valence-electron chi connectivity index (χ4n) is 1.78. The molecule has 1 amide bonds. The van der Waals surface area contributed by atoms with E-state index in [1.807, 2.05) is 26.0 Å². The monoisotopic (exact) mass is 283 g/mol. The van der Waals surface area contributed by atoms with Crippen molar-refractivity contribution in [2.24, 2.45) is 0 Å². The molecule has 0 heterocycles. The van der Waals surface area contributed by atoms with Crippen LogP contribution in [0.15, 0.2) is 24.3 Å². The van der Waals surface area contributed by atoms with Crippen molar-refractivity contribution in [1.29, 1.82) is 0 Å². The Morgan fingerprint density at radius 2 is 1.68 bits per heavy atom. The van der Waals surface area contributed by atoms with Gasteiger partial charge in [0.25, 0.3) is 0 Å². The molecule has 0 aliphatic heterocycles. The van der Waals surface area contributed by atoms with Crippen LogP contribution in [-0.2, 0) is 28.0 Å². The van der Waals surface area contributed by atoms with E-state index in [0.717, 1.165) is 11.1 Å². The van der Waals surface area contributed by atoms with Gasteiger partial charge in [-0.2, -0.15) is 0 Å². The van der Waals surface area contributed by atoms with Crippen LogP contribution in [0.3, 0.4) is 0 Å². The van der Waals surface area contributed by atoms with E-state index in [2.05, 4.69) is 0 Å². The van der Waals surface area contributed by atoms with E-state index in [1.54, 1.807) is 17.0 Å². The Bertz CT molecular complexity index is 427. The highest BCUT2D eigenvalue weighted by Gasteiger charge is 2.13. The lowest BCUT2D eigenvalue weighted by atomic mass is 10.2. The average Bonchev–Trinajstić information content (AvgIpc) is 2.40. The molecule has 1 aromatic carbocycles. The highest BCUT2D eigenvalue weighted by Crippen LogP contribution is 2.07. The maximum atomic E-state index is 11.9. The standard InChI is InChI=1S/C14H21NO3S/c1-3-15(4-2)14(17)11-19(18)10-13-7-5-12(9-16)6-8-13/h5-8,16H,3-4,9-11H2,1-2H3. The van der Waals surface area contributed by atoms with Gasteiger partial charge in [-0.3, -0.25) is 9.00 Å². The molecule has 4 nitrogen and oxygen atoms in total. The normalized spacial score (nSPS) is 12.2. The van der Waals surface area contributed by atoms with E-state index in [4.69, 9.17) is 5.11 Å². The molecule has 1 rings (SSSR count). The molecule has 1 aromatic rings. The molecule has 0 saturated carbocycles. The second kappa shape index (κ2) is 8.07. The summed E-state index contributed by atoms with van der Waals surface area (Å²) in [5, 5.41) is 8.93. The minimum absolute atomic E-state index is 0.00378. The Labute approximate surface area is 116 Å². The topological polar surface area (TPSA) is 57.6 Å². The zero-order chi connectivity index (χ0) is 14.3. The third-order valence-corrected chi connectivity index (χ3v) is 4.16. The summed E-state index contributed by atoms with van der Waals surface area (Å²) >= 11 is 0. The zero-order valence-corrected chi connectivity index (χ0v) is 12.3. The molecule has 0 bridgehead atoms. The largest absolute Gasteiger partial charge is 0.392 e. The van der Waals surface area contributed by atoms with Crippen molar-refractivity contribution in [2.45, 2.75) is 26.2 Å². The minimum Gasteiger partial charge on any atom is -0.392 e. The van der Waals surface area contributed by atoms with Gasteiger partial charge < -0.3 is 10.0 Å². The van der Waals surface area contributed by atoms with Crippen molar-refractivity contribution in [2.75, 3.05) is 18.8 Å². The summed E-state index contributed by atoms with van der Waals surface area (Å²) in [5.74, 6) is 0.387. The van der Waals surface area contributed by atoms with Gasteiger partial charge in [-0.25, -0.2) is 0 Å². The summed E-state index contributed by atoms with van der Waals surface area (Å²) in [6, 6.07) is 7.29. The zero-order valence-electron chi connectivity index (χ0n) is 11.5. The van der Waals surface area contributed by atoms with Gasteiger partial charge in [0.05, 0.1) is 6.61 Å². The fraction of sp³-hybridized carbons (Fsp3) is 0.500. The first-order valence-corrected chi connectivity index (χ1v) is 7.90. The number of aliphatic hydroxyl groups is 1. The number of benzene rings is 1. The van der Waals surface area contributed by atoms with Gasteiger partial charge in [0.2, 0.25) is 5.91 Å². The Morgan fingerprint density at radius 1 is 1.16 bits per heavy atom. The van der Waals surface area contributed by atoms with E-state index in [0.29, 0.717) is 18.8 Å². The second-order valence-electron chi connectivity index (χ2n) is 4.27. The fourth-order valence-corrected chi connectivity index (χ4v) is 2.91. The first-order valence-electron chi connectivity index (χ1n) is 6.42. The number of amides is 1. The van der Waals surface area contributed by atoms with Crippen molar-refractivity contribution < 1.29 is 14.1 Å². The second-order valence-corrected chi connectivity index (χ2v) is 5.73. The van der Waals surface area contributed by atoms with Crippen LogP contribution in [0.25, 0.3) is 0 Å². The number of aliphatic hydroxyl groups excluding tert-OH is 1. The van der Waals surface area contributed by atoms with E-state index in [1.165, 1.54) is 0 Å². The van der Waals surface area contributed by atoms with Gasteiger partial charge >= 0.3 is 0 Å².